The number of carbonyl (C=O) groups excluding carboxylic acids is 2. The molecule has 0 spiro atoms. The summed E-state index contributed by atoms with van der Waals surface area (Å²) in [7, 11) is 1.70. The molecule has 3 aromatic rings. The Balaban J connectivity index is 1.52. The van der Waals surface area contributed by atoms with Crippen LogP contribution in [0.4, 0.5) is 10.1 Å². The lowest BCUT2D eigenvalue weighted by Gasteiger charge is -2.32. The molecular weight excluding hydrogens is 501 g/mol. The number of carbonyl (C=O) groups is 2. The molecule has 2 heterocycles. The molecule has 0 fully saturated rings. The molecule has 208 valence electrons. The van der Waals surface area contributed by atoms with Crippen LogP contribution in [-0.2, 0) is 22.7 Å². The molecule has 2 N–H and O–H groups in total. The van der Waals surface area contributed by atoms with Gasteiger partial charge in [0, 0.05) is 50.5 Å². The lowest BCUT2D eigenvalue weighted by Crippen LogP contribution is -2.48. The molecule has 0 saturated carbocycles. The molecule has 0 aliphatic carbocycles. The third kappa shape index (κ3) is 7.18. The Morgan fingerprint density at radius 2 is 1.85 bits per heavy atom. The number of nitrogens with one attached hydrogen (secondary N) is 2. The summed E-state index contributed by atoms with van der Waals surface area (Å²) in [5.41, 5.74) is 4.15. The van der Waals surface area contributed by atoms with Gasteiger partial charge in [0.2, 0.25) is 5.91 Å². The van der Waals surface area contributed by atoms with Gasteiger partial charge in [-0.05, 0) is 54.8 Å². The number of likely N-dealkylation sites (N-methyl/N-ethyl adjacent to an activating group) is 1. The fourth-order valence-electron chi connectivity index (χ4n) is 4.50. The first-order chi connectivity index (χ1) is 18.6. The molecule has 10 nitrogen and oxygen atoms in total. The zero-order valence-corrected chi connectivity index (χ0v) is 23.1. The quantitative estimate of drug-likeness (QED) is 0.360. The number of hydrazine groups is 1. The summed E-state index contributed by atoms with van der Waals surface area (Å²) in [4.78, 5) is 32.5. The summed E-state index contributed by atoms with van der Waals surface area (Å²) in [6, 6.07) is 10.6. The van der Waals surface area contributed by atoms with Crippen LogP contribution < -0.4 is 15.5 Å². The highest BCUT2D eigenvalue weighted by molar-refractivity contribution is 5.87. The van der Waals surface area contributed by atoms with Crippen molar-refractivity contribution in [1.29, 1.82) is 0 Å². The van der Waals surface area contributed by atoms with Crippen molar-refractivity contribution in [3.05, 3.63) is 64.7 Å². The number of halogens is 1. The van der Waals surface area contributed by atoms with E-state index in [4.69, 9.17) is 4.52 Å². The molecule has 4 rings (SSSR count). The fraction of sp³-hybridized carbons (Fsp3) is 0.429. The lowest BCUT2D eigenvalue weighted by molar-refractivity contribution is -0.145. The highest BCUT2D eigenvalue weighted by Crippen LogP contribution is 2.28. The molecule has 0 bridgehead atoms. The number of benzene rings is 2. The number of fused-ring (bicyclic) bond motifs is 1. The van der Waals surface area contributed by atoms with Crippen molar-refractivity contribution in [2.24, 2.45) is 0 Å². The standard InChI is InChI=1S/C28H36FN7O3/c1-18(2)30-10-11-31-26(37)16-35(25-13-21(7-6-19(25)3)28-32-20(4)33-39-28)17-27(38)34(5)36-14-22-8-9-24(29)12-23(22)15-36/h6-9,12-13,18,30H,10-11,14-17H2,1-5H3,(H,31,37). The van der Waals surface area contributed by atoms with Crippen molar-refractivity contribution >= 4 is 17.5 Å². The van der Waals surface area contributed by atoms with Crippen LogP contribution in [0.25, 0.3) is 11.5 Å². The van der Waals surface area contributed by atoms with Crippen LogP contribution >= 0.6 is 0 Å². The monoisotopic (exact) mass is 537 g/mol. The Morgan fingerprint density at radius 1 is 1.08 bits per heavy atom. The average Bonchev–Trinajstić information content (AvgIpc) is 3.51. The van der Waals surface area contributed by atoms with Crippen LogP contribution in [0.2, 0.25) is 0 Å². The van der Waals surface area contributed by atoms with Gasteiger partial charge in [-0.1, -0.05) is 31.1 Å². The van der Waals surface area contributed by atoms with E-state index in [1.165, 1.54) is 12.1 Å². The Morgan fingerprint density at radius 3 is 2.56 bits per heavy atom. The van der Waals surface area contributed by atoms with Crippen molar-refractivity contribution < 1.29 is 18.5 Å². The van der Waals surface area contributed by atoms with Gasteiger partial charge in [0.05, 0.1) is 13.1 Å². The minimum absolute atomic E-state index is 0.0140. The van der Waals surface area contributed by atoms with Crippen molar-refractivity contribution in [1.82, 2.24) is 30.8 Å². The van der Waals surface area contributed by atoms with Crippen LogP contribution in [0.1, 0.15) is 36.4 Å². The number of anilines is 1. The molecule has 11 heteroatoms. The van der Waals surface area contributed by atoms with E-state index in [1.54, 1.807) is 29.9 Å². The number of aryl methyl sites for hydroxylation is 2. The maximum absolute atomic E-state index is 13.7. The van der Waals surface area contributed by atoms with Gasteiger partial charge in [0.15, 0.2) is 5.82 Å². The predicted octanol–water partition coefficient (Wildman–Crippen LogP) is 2.80. The first kappa shape index (κ1) is 28.2. The topological polar surface area (TPSA) is 107 Å². The minimum Gasteiger partial charge on any atom is -0.353 e. The van der Waals surface area contributed by atoms with Crippen molar-refractivity contribution in [3.63, 3.8) is 0 Å². The van der Waals surface area contributed by atoms with Crippen molar-refractivity contribution in [2.75, 3.05) is 38.1 Å². The van der Waals surface area contributed by atoms with Gasteiger partial charge in [-0.2, -0.15) is 4.98 Å². The molecule has 0 radical (unpaired) electrons. The van der Waals surface area contributed by atoms with E-state index in [0.717, 1.165) is 16.7 Å². The van der Waals surface area contributed by atoms with E-state index >= 15 is 0 Å². The van der Waals surface area contributed by atoms with Crippen molar-refractivity contribution in [3.8, 4) is 11.5 Å². The van der Waals surface area contributed by atoms with Gasteiger partial charge in [0.25, 0.3) is 11.8 Å². The lowest BCUT2D eigenvalue weighted by atomic mass is 10.1. The minimum atomic E-state index is -0.294. The Kier molecular flexibility index (Phi) is 8.93. The number of hydrogen-bond acceptors (Lipinski definition) is 8. The largest absolute Gasteiger partial charge is 0.353 e. The molecule has 2 amide bonds. The molecule has 0 saturated heterocycles. The Hall–Kier alpha value is -3.83. The third-order valence-corrected chi connectivity index (χ3v) is 6.64. The maximum Gasteiger partial charge on any atom is 0.257 e. The second-order valence-corrected chi connectivity index (χ2v) is 10.1. The number of hydrogen-bond donors (Lipinski definition) is 2. The summed E-state index contributed by atoms with van der Waals surface area (Å²) in [6.45, 7) is 9.76. The predicted molar refractivity (Wildman–Crippen MR) is 146 cm³/mol. The van der Waals surface area contributed by atoms with E-state index in [0.29, 0.717) is 55.2 Å². The third-order valence-electron chi connectivity index (χ3n) is 6.64. The molecule has 2 aromatic carbocycles. The molecule has 0 unspecified atom stereocenters. The Labute approximate surface area is 228 Å². The van der Waals surface area contributed by atoms with E-state index < -0.39 is 0 Å². The average molecular weight is 538 g/mol. The zero-order chi connectivity index (χ0) is 28.1. The molecular formula is C28H36FN7O3. The highest BCUT2D eigenvalue weighted by atomic mass is 19.1. The van der Waals surface area contributed by atoms with Gasteiger partial charge in [-0.25, -0.2) is 9.40 Å². The van der Waals surface area contributed by atoms with Gasteiger partial charge in [0.1, 0.15) is 5.82 Å². The number of amides is 2. The summed E-state index contributed by atoms with van der Waals surface area (Å²) in [5, 5.41) is 13.5. The highest BCUT2D eigenvalue weighted by Gasteiger charge is 2.27. The van der Waals surface area contributed by atoms with Crippen LogP contribution in [0.15, 0.2) is 40.9 Å². The fourth-order valence-corrected chi connectivity index (χ4v) is 4.50. The summed E-state index contributed by atoms with van der Waals surface area (Å²) in [6.07, 6.45) is 0. The summed E-state index contributed by atoms with van der Waals surface area (Å²) < 4.78 is 19.1. The molecule has 0 atom stereocenters. The normalized spacial score (nSPS) is 13.0. The van der Waals surface area contributed by atoms with Crippen LogP contribution in [0.3, 0.4) is 0 Å². The molecule has 39 heavy (non-hydrogen) atoms. The smallest absolute Gasteiger partial charge is 0.257 e. The number of nitrogens with zero attached hydrogens (tertiary/aromatic N) is 5. The Bertz CT molecular complexity index is 1330. The van der Waals surface area contributed by atoms with E-state index in [9.17, 15) is 14.0 Å². The summed E-state index contributed by atoms with van der Waals surface area (Å²) >= 11 is 0. The number of rotatable bonds is 11. The van der Waals surface area contributed by atoms with Gasteiger partial charge >= 0.3 is 0 Å². The van der Waals surface area contributed by atoms with Crippen LogP contribution in [-0.4, -0.2) is 71.2 Å². The van der Waals surface area contributed by atoms with Gasteiger partial charge in [-0.3, -0.25) is 14.6 Å². The number of aromatic nitrogens is 2. The van der Waals surface area contributed by atoms with E-state index in [-0.39, 0.29) is 30.7 Å². The molecule has 1 aliphatic heterocycles. The van der Waals surface area contributed by atoms with Crippen LogP contribution in [0, 0.1) is 19.7 Å². The first-order valence-corrected chi connectivity index (χ1v) is 13.1. The zero-order valence-electron chi connectivity index (χ0n) is 23.1. The van der Waals surface area contributed by atoms with E-state index in [1.807, 2.05) is 44.0 Å². The second kappa shape index (κ2) is 12.4. The van der Waals surface area contributed by atoms with Gasteiger partial charge in [-0.15, -0.1) is 0 Å². The molecule has 1 aromatic heterocycles. The maximum atomic E-state index is 13.7. The van der Waals surface area contributed by atoms with E-state index in [2.05, 4.69) is 20.8 Å². The van der Waals surface area contributed by atoms with Crippen molar-refractivity contribution in [2.45, 2.75) is 46.8 Å². The van der Waals surface area contributed by atoms with Gasteiger partial charge < -0.3 is 20.1 Å². The first-order valence-electron chi connectivity index (χ1n) is 13.1. The second-order valence-electron chi connectivity index (χ2n) is 10.1. The van der Waals surface area contributed by atoms with Crippen LogP contribution in [0.5, 0.6) is 0 Å². The molecule has 1 aliphatic rings. The summed E-state index contributed by atoms with van der Waals surface area (Å²) in [5.74, 6) is 0.191. The SMILES string of the molecule is Cc1noc(-c2ccc(C)c(N(CC(=O)NCCNC(C)C)CC(=O)N(C)N3Cc4ccc(F)cc4C3)c2)n1.